The minimum Gasteiger partial charge on any atom is -0.394 e. The fourth-order valence-electron chi connectivity index (χ4n) is 0.414. The predicted octanol–water partition coefficient (Wildman–Crippen LogP) is -1.38. The molecular weight excluding hydrogens is 124 g/mol. The second-order valence-corrected chi connectivity index (χ2v) is 1.79. The molecule has 0 spiro atoms. The molecule has 4 N–H and O–H groups in total. The van der Waals surface area contributed by atoms with E-state index in [0.29, 0.717) is 6.61 Å². The molecule has 0 bridgehead atoms. The van der Waals surface area contributed by atoms with Crippen molar-refractivity contribution in [1.29, 1.82) is 0 Å². The third kappa shape index (κ3) is 4.35. The van der Waals surface area contributed by atoms with Gasteiger partial charge in [0.05, 0.1) is 18.8 Å². The maximum atomic E-state index is 8.62. The summed E-state index contributed by atoms with van der Waals surface area (Å²) in [6.45, 7) is 0.170. The average molecular weight is 135 g/mol. The van der Waals surface area contributed by atoms with Crippen LogP contribution in [0.15, 0.2) is 0 Å². The molecule has 0 aliphatic carbocycles. The molecule has 0 fully saturated rings. The predicted molar refractivity (Wildman–Crippen MR) is 30.0 cm³/mol. The minimum atomic E-state index is -1.05. The van der Waals surface area contributed by atoms with Gasteiger partial charge >= 0.3 is 0 Å². The van der Waals surface area contributed by atoms with E-state index in [1.165, 1.54) is 0 Å². The molecule has 0 aromatic carbocycles. The largest absolute Gasteiger partial charge is 0.394 e. The summed E-state index contributed by atoms with van der Waals surface area (Å²) in [4.78, 5) is 0. The average Bonchev–Trinajstić information content (AvgIpc) is 1.87. The Kier molecular flexibility index (Phi) is 4.61. The number of rotatable bonds is 4. The topological polar surface area (TPSA) is 80.9 Å². The molecule has 0 aromatic rings. The van der Waals surface area contributed by atoms with Crippen molar-refractivity contribution in [1.82, 2.24) is 0 Å². The van der Waals surface area contributed by atoms with Crippen LogP contribution in [0.1, 0.15) is 6.42 Å². The molecule has 2 unspecified atom stereocenters. The zero-order valence-electron chi connectivity index (χ0n) is 4.94. The van der Waals surface area contributed by atoms with Gasteiger partial charge in [0.1, 0.15) is 6.61 Å². The molecule has 0 aliphatic rings. The Hall–Kier alpha value is -0.160. The molecule has 0 amide bonds. The van der Waals surface area contributed by atoms with Crippen LogP contribution in [0.2, 0.25) is 0 Å². The first kappa shape index (κ1) is 8.84. The van der Waals surface area contributed by atoms with Crippen molar-refractivity contribution in [3.8, 4) is 0 Å². The van der Waals surface area contributed by atoms with Crippen LogP contribution in [0.5, 0.6) is 0 Å². The molecule has 0 rings (SSSR count). The second-order valence-electron chi connectivity index (χ2n) is 1.79. The van der Waals surface area contributed by atoms with Crippen molar-refractivity contribution in [2.45, 2.75) is 18.6 Å². The fraction of sp³-hybridized carbons (Fsp3) is 0.800. The van der Waals surface area contributed by atoms with E-state index in [2.05, 4.69) is 0 Å². The number of hydrogen-bond donors (Lipinski definition) is 4. The van der Waals surface area contributed by atoms with Gasteiger partial charge < -0.3 is 20.4 Å². The molecular formula is C5H11O4. The van der Waals surface area contributed by atoms with Gasteiger partial charge in [-0.05, 0) is 0 Å². The number of hydrogen-bond acceptors (Lipinski definition) is 4. The van der Waals surface area contributed by atoms with Crippen molar-refractivity contribution in [3.63, 3.8) is 0 Å². The van der Waals surface area contributed by atoms with Crippen LogP contribution in [0.3, 0.4) is 0 Å². The summed E-state index contributed by atoms with van der Waals surface area (Å²) in [7, 11) is 0. The zero-order valence-corrected chi connectivity index (χ0v) is 4.94. The summed E-state index contributed by atoms with van der Waals surface area (Å²) in [5.41, 5.74) is 0. The lowest BCUT2D eigenvalue weighted by molar-refractivity contribution is 0.0373. The van der Waals surface area contributed by atoms with Gasteiger partial charge in [-0.3, -0.25) is 0 Å². The number of aliphatic hydroxyl groups is 4. The minimum absolute atomic E-state index is 0.0347. The molecule has 0 heterocycles. The van der Waals surface area contributed by atoms with Gasteiger partial charge in [0.25, 0.3) is 0 Å². The molecule has 4 nitrogen and oxygen atoms in total. The van der Waals surface area contributed by atoms with Crippen LogP contribution >= 0.6 is 0 Å². The molecule has 0 saturated carbocycles. The van der Waals surface area contributed by atoms with Gasteiger partial charge in [-0.2, -0.15) is 0 Å². The Labute approximate surface area is 53.4 Å². The first-order chi connectivity index (χ1) is 4.20. The van der Waals surface area contributed by atoms with E-state index in [9.17, 15) is 0 Å². The highest BCUT2D eigenvalue weighted by molar-refractivity contribution is 4.67. The van der Waals surface area contributed by atoms with Gasteiger partial charge in [-0.1, -0.05) is 0 Å². The SMILES string of the molecule is O[CH]C(O)CC(O)CO. The van der Waals surface area contributed by atoms with Crippen molar-refractivity contribution in [2.75, 3.05) is 6.61 Å². The molecule has 1 radical (unpaired) electrons. The molecule has 2 atom stereocenters. The first-order valence-electron chi connectivity index (χ1n) is 2.65. The quantitative estimate of drug-likeness (QED) is 0.383. The van der Waals surface area contributed by atoms with E-state index in [0.717, 1.165) is 0 Å². The molecule has 4 heteroatoms. The second kappa shape index (κ2) is 4.69. The molecule has 0 aliphatic heterocycles. The van der Waals surface area contributed by atoms with E-state index >= 15 is 0 Å². The monoisotopic (exact) mass is 135 g/mol. The molecule has 0 saturated heterocycles. The van der Waals surface area contributed by atoms with Crippen LogP contribution in [-0.4, -0.2) is 39.2 Å². The van der Waals surface area contributed by atoms with Crippen molar-refractivity contribution >= 4 is 0 Å². The third-order valence-corrected chi connectivity index (χ3v) is 0.896. The summed E-state index contributed by atoms with van der Waals surface area (Å²) in [6.07, 6.45) is -2.04. The Morgan fingerprint density at radius 2 is 1.89 bits per heavy atom. The van der Waals surface area contributed by atoms with Crippen molar-refractivity contribution in [3.05, 3.63) is 6.61 Å². The van der Waals surface area contributed by atoms with Crippen LogP contribution in [-0.2, 0) is 0 Å². The summed E-state index contributed by atoms with van der Waals surface area (Å²) in [6, 6.07) is 0. The lowest BCUT2D eigenvalue weighted by Gasteiger charge is -2.09. The third-order valence-electron chi connectivity index (χ3n) is 0.896. The van der Waals surface area contributed by atoms with Crippen LogP contribution in [0, 0.1) is 6.61 Å². The Morgan fingerprint density at radius 3 is 2.22 bits per heavy atom. The van der Waals surface area contributed by atoms with E-state index in [1.54, 1.807) is 0 Å². The Bertz CT molecular complexity index is 58.0. The summed E-state index contributed by atoms with van der Waals surface area (Å²) in [5, 5.41) is 33.5. The van der Waals surface area contributed by atoms with Crippen LogP contribution < -0.4 is 0 Å². The first-order valence-corrected chi connectivity index (χ1v) is 2.65. The normalized spacial score (nSPS) is 17.3. The van der Waals surface area contributed by atoms with Gasteiger partial charge in [0.15, 0.2) is 0 Å². The Morgan fingerprint density at radius 1 is 1.33 bits per heavy atom. The van der Waals surface area contributed by atoms with Gasteiger partial charge in [-0.15, -0.1) is 0 Å². The van der Waals surface area contributed by atoms with Crippen LogP contribution in [0.4, 0.5) is 0 Å². The summed E-state index contributed by atoms with van der Waals surface area (Å²) >= 11 is 0. The van der Waals surface area contributed by atoms with Gasteiger partial charge in [0, 0.05) is 6.42 Å². The van der Waals surface area contributed by atoms with Gasteiger partial charge in [-0.25, -0.2) is 0 Å². The molecule has 0 aromatic heterocycles. The number of aliphatic hydroxyl groups excluding tert-OH is 4. The Balaban J connectivity index is 3.22. The fourth-order valence-corrected chi connectivity index (χ4v) is 0.414. The van der Waals surface area contributed by atoms with Crippen molar-refractivity contribution < 1.29 is 20.4 Å². The van der Waals surface area contributed by atoms with E-state index in [4.69, 9.17) is 20.4 Å². The molecule has 55 valence electrons. The smallest absolute Gasteiger partial charge is 0.108 e. The zero-order chi connectivity index (χ0) is 7.28. The summed E-state index contributed by atoms with van der Waals surface area (Å²) in [5.74, 6) is 0. The molecule has 9 heavy (non-hydrogen) atoms. The van der Waals surface area contributed by atoms with E-state index in [1.807, 2.05) is 0 Å². The lowest BCUT2D eigenvalue weighted by Crippen LogP contribution is -2.20. The van der Waals surface area contributed by atoms with Gasteiger partial charge in [0.2, 0.25) is 0 Å². The highest BCUT2D eigenvalue weighted by Crippen LogP contribution is 1.97. The standard InChI is InChI=1S/C5H11O4/c6-2-4(8)1-5(9)3-7/h2,4-9H,1,3H2. The van der Waals surface area contributed by atoms with E-state index < -0.39 is 18.8 Å². The van der Waals surface area contributed by atoms with Crippen LogP contribution in [0.25, 0.3) is 0 Å². The highest BCUT2D eigenvalue weighted by Gasteiger charge is 2.08. The summed E-state index contributed by atoms with van der Waals surface area (Å²) < 4.78 is 0. The van der Waals surface area contributed by atoms with Crippen molar-refractivity contribution in [2.24, 2.45) is 0 Å². The lowest BCUT2D eigenvalue weighted by atomic mass is 10.2. The highest BCUT2D eigenvalue weighted by atomic mass is 16.3. The van der Waals surface area contributed by atoms with E-state index in [-0.39, 0.29) is 6.42 Å². The maximum Gasteiger partial charge on any atom is 0.108 e. The maximum absolute atomic E-state index is 8.62.